The van der Waals surface area contributed by atoms with Gasteiger partial charge in [-0.3, -0.25) is 0 Å². The predicted molar refractivity (Wildman–Crippen MR) is 139 cm³/mol. The molecule has 0 amide bonds. The van der Waals surface area contributed by atoms with Crippen molar-refractivity contribution in [2.24, 2.45) is 0 Å². The fourth-order valence-electron chi connectivity index (χ4n) is 3.95. The summed E-state index contributed by atoms with van der Waals surface area (Å²) in [6.07, 6.45) is 26.8. The highest BCUT2D eigenvalue weighted by Gasteiger charge is 2.08. The number of aliphatic hydroxyl groups is 4. The molecule has 2 fully saturated rings. The maximum atomic E-state index is 8.91. The monoisotopic (exact) mass is 460 g/mol. The smallest absolute Gasteiger partial charge is 0.0540 e. The van der Waals surface area contributed by atoms with Crippen molar-refractivity contribution >= 4 is 0 Å². The molecular formula is C28H60O4. The van der Waals surface area contributed by atoms with E-state index in [0.29, 0.717) is 13.2 Å². The van der Waals surface area contributed by atoms with E-state index in [1.807, 2.05) is 0 Å². The summed E-state index contributed by atoms with van der Waals surface area (Å²) in [6, 6.07) is 0. The van der Waals surface area contributed by atoms with Gasteiger partial charge < -0.3 is 20.4 Å². The molecule has 0 saturated heterocycles. The third-order valence-electron chi connectivity index (χ3n) is 6.17. The van der Waals surface area contributed by atoms with Crippen molar-refractivity contribution in [3.63, 3.8) is 0 Å². The molecule has 0 radical (unpaired) electrons. The summed E-state index contributed by atoms with van der Waals surface area (Å²) < 4.78 is 0. The van der Waals surface area contributed by atoms with Gasteiger partial charge in [0.05, 0.1) is 12.2 Å². The summed E-state index contributed by atoms with van der Waals surface area (Å²) in [5, 5.41) is 34.7. The molecule has 32 heavy (non-hydrogen) atoms. The van der Waals surface area contributed by atoms with Crippen LogP contribution in [0.5, 0.6) is 0 Å². The van der Waals surface area contributed by atoms with Gasteiger partial charge in [0.2, 0.25) is 0 Å². The molecule has 196 valence electrons. The van der Waals surface area contributed by atoms with Gasteiger partial charge in [-0.25, -0.2) is 0 Å². The van der Waals surface area contributed by atoms with E-state index in [-0.39, 0.29) is 12.2 Å². The highest BCUT2D eigenvalue weighted by atomic mass is 16.3. The van der Waals surface area contributed by atoms with E-state index in [9.17, 15) is 0 Å². The zero-order valence-corrected chi connectivity index (χ0v) is 21.9. The Morgan fingerprint density at radius 2 is 0.719 bits per heavy atom. The van der Waals surface area contributed by atoms with Crippen molar-refractivity contribution in [3.8, 4) is 0 Å². The van der Waals surface area contributed by atoms with Crippen molar-refractivity contribution in [1.82, 2.24) is 0 Å². The van der Waals surface area contributed by atoms with Gasteiger partial charge in [0.15, 0.2) is 0 Å². The molecule has 2 aliphatic carbocycles. The maximum absolute atomic E-state index is 8.91. The second kappa shape index (κ2) is 30.8. The third-order valence-corrected chi connectivity index (χ3v) is 6.17. The fourth-order valence-corrected chi connectivity index (χ4v) is 3.95. The minimum Gasteiger partial charge on any atom is -0.396 e. The van der Waals surface area contributed by atoms with E-state index in [1.54, 1.807) is 0 Å². The molecule has 0 aromatic rings. The van der Waals surface area contributed by atoms with Gasteiger partial charge in [-0.1, -0.05) is 117 Å². The average molecular weight is 461 g/mol. The summed E-state index contributed by atoms with van der Waals surface area (Å²) in [6.45, 7) is 5.16. The zero-order chi connectivity index (χ0) is 24.1. The lowest BCUT2D eigenvalue weighted by Gasteiger charge is -2.14. The Morgan fingerprint density at radius 1 is 0.438 bits per heavy atom. The number of hydrogen-bond donors (Lipinski definition) is 4. The number of unbranched alkanes of at least 4 members (excludes halogenated alkanes) is 10. The molecule has 0 bridgehead atoms. The number of hydrogen-bond acceptors (Lipinski definition) is 4. The van der Waals surface area contributed by atoms with E-state index >= 15 is 0 Å². The molecule has 0 unspecified atom stereocenters. The minimum absolute atomic E-state index is 0.0359. The summed E-state index contributed by atoms with van der Waals surface area (Å²) in [4.78, 5) is 0. The van der Waals surface area contributed by atoms with Crippen LogP contribution >= 0.6 is 0 Å². The van der Waals surface area contributed by atoms with E-state index in [2.05, 4.69) is 13.8 Å². The summed E-state index contributed by atoms with van der Waals surface area (Å²) >= 11 is 0. The molecule has 0 spiro atoms. The lowest BCUT2D eigenvalue weighted by atomic mass is 9.98. The first kappa shape index (κ1) is 34.0. The number of aliphatic hydroxyl groups excluding tert-OH is 4. The first-order valence-electron chi connectivity index (χ1n) is 14.2. The summed E-state index contributed by atoms with van der Waals surface area (Å²) in [5.74, 6) is 0. The van der Waals surface area contributed by atoms with Gasteiger partial charge in [0, 0.05) is 13.2 Å². The Bertz CT molecular complexity index is 258. The Balaban J connectivity index is 0. The third kappa shape index (κ3) is 32.0. The van der Waals surface area contributed by atoms with Gasteiger partial charge in [0.25, 0.3) is 0 Å². The van der Waals surface area contributed by atoms with E-state index in [4.69, 9.17) is 20.4 Å². The molecule has 0 aromatic carbocycles. The molecule has 0 heterocycles. The Morgan fingerprint density at radius 3 is 0.938 bits per heavy atom. The first-order chi connectivity index (χ1) is 15.6. The van der Waals surface area contributed by atoms with Crippen LogP contribution in [0.1, 0.15) is 155 Å². The van der Waals surface area contributed by atoms with Crippen LogP contribution in [0.4, 0.5) is 0 Å². The molecule has 4 N–H and O–H groups in total. The van der Waals surface area contributed by atoms with Gasteiger partial charge in [-0.2, -0.15) is 0 Å². The molecule has 2 saturated carbocycles. The standard InChI is InChI=1S/2C8H18O.2C6H12O/c2*1-2-3-4-5-6-7-8-9;2*7-6-4-2-1-3-5-6/h2*9H,2-8H2,1H3;2*6-7H,1-5H2. The molecule has 4 nitrogen and oxygen atoms in total. The topological polar surface area (TPSA) is 80.9 Å². The van der Waals surface area contributed by atoms with Crippen LogP contribution in [0.3, 0.4) is 0 Å². The fraction of sp³-hybridized carbons (Fsp3) is 1.00. The second-order valence-corrected chi connectivity index (χ2v) is 9.57. The number of rotatable bonds is 12. The van der Waals surface area contributed by atoms with Crippen LogP contribution < -0.4 is 0 Å². The SMILES string of the molecule is CCCCCCCCO.CCCCCCCCO.OC1CCCCC1.OC1CCCCC1. The van der Waals surface area contributed by atoms with Gasteiger partial charge in [-0.15, -0.1) is 0 Å². The van der Waals surface area contributed by atoms with Gasteiger partial charge in [0.1, 0.15) is 0 Å². The lowest BCUT2D eigenvalue weighted by Crippen LogP contribution is -2.09. The summed E-state index contributed by atoms with van der Waals surface area (Å²) in [7, 11) is 0. The van der Waals surface area contributed by atoms with Crippen LogP contribution in [0.2, 0.25) is 0 Å². The molecule has 0 atom stereocenters. The largest absolute Gasteiger partial charge is 0.396 e. The lowest BCUT2D eigenvalue weighted by molar-refractivity contribution is 0.130. The zero-order valence-electron chi connectivity index (χ0n) is 21.9. The van der Waals surface area contributed by atoms with E-state index in [0.717, 1.165) is 38.5 Å². The Hall–Kier alpha value is -0.160. The highest BCUT2D eigenvalue weighted by Crippen LogP contribution is 2.17. The molecule has 0 aliphatic heterocycles. The van der Waals surface area contributed by atoms with Crippen LogP contribution in [-0.2, 0) is 0 Å². The molecule has 2 rings (SSSR count). The second-order valence-electron chi connectivity index (χ2n) is 9.57. The van der Waals surface area contributed by atoms with Crippen molar-refractivity contribution in [1.29, 1.82) is 0 Å². The molecule has 4 heteroatoms. The van der Waals surface area contributed by atoms with E-state index in [1.165, 1.54) is 103 Å². The van der Waals surface area contributed by atoms with Crippen molar-refractivity contribution < 1.29 is 20.4 Å². The van der Waals surface area contributed by atoms with Gasteiger partial charge in [-0.05, 0) is 38.5 Å². The molecule has 2 aliphatic rings. The van der Waals surface area contributed by atoms with Crippen LogP contribution in [-0.4, -0.2) is 45.8 Å². The normalized spacial score (nSPS) is 16.7. The average Bonchev–Trinajstić information content (AvgIpc) is 2.81. The van der Waals surface area contributed by atoms with Crippen LogP contribution in [0.15, 0.2) is 0 Å². The van der Waals surface area contributed by atoms with Gasteiger partial charge >= 0.3 is 0 Å². The quantitative estimate of drug-likeness (QED) is 0.230. The Labute approximate surface area is 201 Å². The van der Waals surface area contributed by atoms with Crippen molar-refractivity contribution in [2.45, 2.75) is 167 Å². The first-order valence-corrected chi connectivity index (χ1v) is 14.2. The molecular weight excluding hydrogens is 400 g/mol. The van der Waals surface area contributed by atoms with Crippen LogP contribution in [0, 0.1) is 0 Å². The predicted octanol–water partition coefficient (Wildman–Crippen LogP) is 7.30. The van der Waals surface area contributed by atoms with Crippen LogP contribution in [0.25, 0.3) is 0 Å². The molecule has 0 aromatic heterocycles. The maximum Gasteiger partial charge on any atom is 0.0540 e. The van der Waals surface area contributed by atoms with Crippen molar-refractivity contribution in [3.05, 3.63) is 0 Å². The van der Waals surface area contributed by atoms with E-state index < -0.39 is 0 Å². The Kier molecular flexibility index (Phi) is 32.8. The van der Waals surface area contributed by atoms with Crippen molar-refractivity contribution in [2.75, 3.05) is 13.2 Å². The summed E-state index contributed by atoms with van der Waals surface area (Å²) in [5.41, 5.74) is 0. The highest BCUT2D eigenvalue weighted by molar-refractivity contribution is 4.62. The minimum atomic E-state index is 0.0359.